The van der Waals surface area contributed by atoms with Crippen LogP contribution in [-0.4, -0.2) is 41.9 Å². The quantitative estimate of drug-likeness (QED) is 0.420. The summed E-state index contributed by atoms with van der Waals surface area (Å²) in [5.74, 6) is 6.99. The lowest BCUT2D eigenvalue weighted by atomic mass is 10.1. The van der Waals surface area contributed by atoms with E-state index in [-0.39, 0.29) is 0 Å². The number of hydrazine groups is 1. The van der Waals surface area contributed by atoms with Gasteiger partial charge in [-0.25, -0.2) is 35.1 Å². The molecule has 32 heavy (non-hydrogen) atoms. The molecule has 2 aromatic heterocycles. The van der Waals surface area contributed by atoms with Crippen molar-refractivity contribution in [3.63, 3.8) is 0 Å². The van der Waals surface area contributed by atoms with E-state index in [1.807, 2.05) is 17.0 Å². The van der Waals surface area contributed by atoms with E-state index in [1.165, 1.54) is 22.1 Å². The van der Waals surface area contributed by atoms with E-state index in [1.54, 1.807) is 28.3 Å². The Morgan fingerprint density at radius 3 is 2.19 bits per heavy atom. The van der Waals surface area contributed by atoms with Crippen LogP contribution in [0.3, 0.4) is 0 Å². The van der Waals surface area contributed by atoms with Crippen LogP contribution in [0.4, 0.5) is 11.6 Å². The third-order valence-electron chi connectivity index (χ3n) is 5.80. The Morgan fingerprint density at radius 2 is 1.44 bits per heavy atom. The summed E-state index contributed by atoms with van der Waals surface area (Å²) in [4.78, 5) is 19.9. The molecule has 4 heterocycles. The van der Waals surface area contributed by atoms with Crippen molar-refractivity contribution >= 4 is 35.1 Å². The lowest BCUT2D eigenvalue weighted by Gasteiger charge is -2.29. The molecule has 0 amide bonds. The zero-order valence-electron chi connectivity index (χ0n) is 17.0. The molecule has 11 heteroatoms. The van der Waals surface area contributed by atoms with E-state index in [4.69, 9.17) is 17.3 Å². The fourth-order valence-electron chi connectivity index (χ4n) is 4.06. The Morgan fingerprint density at radius 1 is 0.781 bits per heavy atom. The topological polar surface area (TPSA) is 145 Å². The molecular formula is C21H21N11. The van der Waals surface area contributed by atoms with Gasteiger partial charge in [0.2, 0.25) is 0 Å². The smallest absolute Gasteiger partial charge is 0.180 e. The Labute approximate surface area is 183 Å². The largest absolute Gasteiger partial charge is 0.337 e. The van der Waals surface area contributed by atoms with Crippen LogP contribution < -0.4 is 17.3 Å². The summed E-state index contributed by atoms with van der Waals surface area (Å²) in [6.07, 6.45) is 5.46. The van der Waals surface area contributed by atoms with Crippen molar-refractivity contribution < 1.29 is 0 Å². The van der Waals surface area contributed by atoms with Crippen LogP contribution in [0.5, 0.6) is 0 Å². The molecule has 0 aliphatic carbocycles. The fourth-order valence-corrected chi connectivity index (χ4v) is 4.06. The number of imidazole rings is 2. The van der Waals surface area contributed by atoms with E-state index in [0.717, 1.165) is 5.56 Å². The summed E-state index contributed by atoms with van der Waals surface area (Å²) < 4.78 is 3.48. The minimum Gasteiger partial charge on any atom is -0.337 e. The van der Waals surface area contributed by atoms with Crippen molar-refractivity contribution in [2.75, 3.05) is 0 Å². The molecule has 4 aromatic rings. The van der Waals surface area contributed by atoms with Crippen molar-refractivity contribution in [1.82, 2.24) is 29.2 Å². The van der Waals surface area contributed by atoms with Crippen LogP contribution in [0, 0.1) is 0 Å². The highest BCUT2D eigenvalue weighted by molar-refractivity contribution is 5.83. The maximum atomic E-state index is 6.56. The highest BCUT2D eigenvalue weighted by Crippen LogP contribution is 2.33. The van der Waals surface area contributed by atoms with Crippen molar-refractivity contribution in [2.45, 2.75) is 18.9 Å². The maximum Gasteiger partial charge on any atom is 0.180 e. The minimum atomic E-state index is -0.577. The summed E-state index contributed by atoms with van der Waals surface area (Å²) in [6.45, 7) is 0.619. The Hall–Kier alpha value is -4.06. The molecular weight excluding hydrogens is 406 g/mol. The first kappa shape index (κ1) is 18.7. The molecule has 0 saturated heterocycles. The predicted octanol–water partition coefficient (Wildman–Crippen LogP) is 1.48. The number of nitrogens with zero attached hydrogens (tertiary/aromatic N) is 8. The molecule has 6 rings (SSSR count). The van der Waals surface area contributed by atoms with E-state index in [9.17, 15) is 0 Å². The zero-order chi connectivity index (χ0) is 21.8. The molecule has 160 valence electrons. The summed E-state index contributed by atoms with van der Waals surface area (Å²) in [5, 5.41) is 3.71. The molecule has 2 aliphatic heterocycles. The normalized spacial score (nSPS) is 19.5. The third kappa shape index (κ3) is 2.80. The van der Waals surface area contributed by atoms with Crippen LogP contribution >= 0.6 is 0 Å². The van der Waals surface area contributed by atoms with E-state index in [2.05, 4.69) is 50.3 Å². The number of rotatable bonds is 3. The van der Waals surface area contributed by atoms with Gasteiger partial charge in [-0.05, 0) is 22.4 Å². The summed E-state index contributed by atoms with van der Waals surface area (Å²) in [7, 11) is 0. The van der Waals surface area contributed by atoms with Crippen molar-refractivity contribution in [3.8, 4) is 0 Å². The number of hydrogen-bond donors (Lipinski definition) is 3. The van der Waals surface area contributed by atoms with Crippen LogP contribution in [0.25, 0.3) is 10.8 Å². The molecule has 0 radical (unpaired) electrons. The first-order valence-corrected chi connectivity index (χ1v) is 10.1. The van der Waals surface area contributed by atoms with Gasteiger partial charge in [-0.15, -0.1) is 0 Å². The number of aromatic nitrogens is 4. The van der Waals surface area contributed by atoms with Crippen LogP contribution in [0.2, 0.25) is 0 Å². The number of hydrogen-bond acceptors (Lipinski definition) is 9. The van der Waals surface area contributed by atoms with Gasteiger partial charge in [0.05, 0.1) is 6.34 Å². The van der Waals surface area contributed by atoms with Gasteiger partial charge in [-0.2, -0.15) is 0 Å². The number of nitrogens with two attached hydrogens (primary N) is 3. The van der Waals surface area contributed by atoms with Crippen LogP contribution in [0.15, 0.2) is 65.1 Å². The standard InChI is InChI=1S/C21H21N11/c22-18-16-20(27-9-29(18)8-13-5-6-14-3-1-2-4-15(14)7-13)31(11-25-16)32-12-26-17-19(23)30(24)10-28-21(17)32/h1-7,9-12,18-19H,8,22-24H2. The average molecular weight is 427 g/mol. The molecule has 0 fully saturated rings. The summed E-state index contributed by atoms with van der Waals surface area (Å²) >= 11 is 0. The highest BCUT2D eigenvalue weighted by atomic mass is 15.6. The van der Waals surface area contributed by atoms with E-state index < -0.39 is 12.3 Å². The fraction of sp³-hybridized carbons (Fsp3) is 0.143. The molecule has 2 aromatic carbocycles. The van der Waals surface area contributed by atoms with Gasteiger partial charge in [0.25, 0.3) is 0 Å². The molecule has 0 bridgehead atoms. The minimum absolute atomic E-state index is 0.445. The van der Waals surface area contributed by atoms with E-state index in [0.29, 0.717) is 29.6 Å². The maximum absolute atomic E-state index is 6.56. The molecule has 0 spiro atoms. The zero-order valence-corrected chi connectivity index (χ0v) is 17.0. The highest BCUT2D eigenvalue weighted by Gasteiger charge is 2.29. The first-order valence-electron chi connectivity index (χ1n) is 10.1. The van der Waals surface area contributed by atoms with Crippen molar-refractivity contribution in [3.05, 3.63) is 72.1 Å². The lowest BCUT2D eigenvalue weighted by Crippen LogP contribution is -2.40. The van der Waals surface area contributed by atoms with Gasteiger partial charge in [-0.3, -0.25) is 5.01 Å². The van der Waals surface area contributed by atoms with Gasteiger partial charge >= 0.3 is 0 Å². The second-order valence-corrected chi connectivity index (χ2v) is 7.78. The number of fused-ring (bicyclic) bond motifs is 3. The van der Waals surface area contributed by atoms with Gasteiger partial charge in [0, 0.05) is 6.54 Å². The molecule has 2 aliphatic rings. The lowest BCUT2D eigenvalue weighted by molar-refractivity contribution is 0.315. The predicted molar refractivity (Wildman–Crippen MR) is 121 cm³/mol. The number of aliphatic imine (C=N–C) groups is 2. The second-order valence-electron chi connectivity index (χ2n) is 7.78. The van der Waals surface area contributed by atoms with Gasteiger partial charge in [0.15, 0.2) is 11.6 Å². The average Bonchev–Trinajstić information content (AvgIpc) is 3.43. The molecule has 2 atom stereocenters. The molecule has 0 saturated carbocycles. The second kappa shape index (κ2) is 6.99. The van der Waals surface area contributed by atoms with Crippen LogP contribution in [-0.2, 0) is 6.54 Å². The molecule has 11 nitrogen and oxygen atoms in total. The monoisotopic (exact) mass is 427 g/mol. The Balaban J connectivity index is 1.31. The summed E-state index contributed by atoms with van der Waals surface area (Å²) in [5.41, 5.74) is 15.0. The van der Waals surface area contributed by atoms with Crippen molar-refractivity contribution in [2.24, 2.45) is 27.3 Å². The summed E-state index contributed by atoms with van der Waals surface area (Å²) in [6, 6.07) is 14.7. The Bertz CT molecular complexity index is 1380. The Kier molecular flexibility index (Phi) is 4.08. The van der Waals surface area contributed by atoms with Gasteiger partial charge < -0.3 is 16.4 Å². The molecule has 6 N–H and O–H groups in total. The number of benzene rings is 2. The van der Waals surface area contributed by atoms with Crippen molar-refractivity contribution in [1.29, 1.82) is 0 Å². The third-order valence-corrected chi connectivity index (χ3v) is 5.80. The molecule has 2 unspecified atom stereocenters. The SMILES string of the molecule is NC1c2ncn(-n3cnc4c3N=CN(Cc3ccc5ccccc5c3)C4N)c2N=CN1N. The first-order chi connectivity index (χ1) is 15.6. The van der Waals surface area contributed by atoms with Crippen LogP contribution in [0.1, 0.15) is 29.3 Å². The van der Waals surface area contributed by atoms with Gasteiger partial charge in [-0.1, -0.05) is 36.4 Å². The van der Waals surface area contributed by atoms with E-state index >= 15 is 0 Å². The van der Waals surface area contributed by atoms with Gasteiger partial charge in [0.1, 0.15) is 42.7 Å².